The summed E-state index contributed by atoms with van der Waals surface area (Å²) in [5.74, 6) is 0.777. The molecule has 5 nitrogen and oxygen atoms in total. The van der Waals surface area contributed by atoms with Crippen LogP contribution in [0.2, 0.25) is 0 Å². The number of methoxy groups -OCH3 is 3. The van der Waals surface area contributed by atoms with Gasteiger partial charge in [-0.05, 0) is 6.07 Å². The number of ether oxygens (including phenoxy) is 3. The average molecular weight is 239 g/mol. The Labute approximate surface area is 100 Å². The zero-order valence-electron chi connectivity index (χ0n) is 10.2. The molecule has 1 aromatic carbocycles. The Balaban J connectivity index is 3.00. The van der Waals surface area contributed by atoms with Gasteiger partial charge in [0.1, 0.15) is 0 Å². The molecule has 1 aromatic rings. The van der Waals surface area contributed by atoms with Gasteiger partial charge in [0.05, 0.1) is 27.8 Å². The molecule has 0 aliphatic carbocycles. The molecule has 1 rings (SSSR count). The van der Waals surface area contributed by atoms with Crippen molar-refractivity contribution >= 4 is 5.97 Å². The molecule has 0 spiro atoms. The van der Waals surface area contributed by atoms with Gasteiger partial charge in [-0.2, -0.15) is 0 Å². The summed E-state index contributed by atoms with van der Waals surface area (Å²) in [6, 6.07) is 4.89. The summed E-state index contributed by atoms with van der Waals surface area (Å²) in [5, 5.41) is 0. The summed E-state index contributed by atoms with van der Waals surface area (Å²) >= 11 is 0. The van der Waals surface area contributed by atoms with E-state index in [1.165, 1.54) is 14.2 Å². The first kappa shape index (κ1) is 13.3. The number of esters is 1. The number of nitrogens with two attached hydrogens (primary N) is 1. The lowest BCUT2D eigenvalue weighted by atomic mass is 10.0. The zero-order chi connectivity index (χ0) is 12.8. The van der Waals surface area contributed by atoms with Crippen LogP contribution in [0.1, 0.15) is 18.0 Å². The molecule has 94 valence electrons. The topological polar surface area (TPSA) is 70.8 Å². The fourth-order valence-corrected chi connectivity index (χ4v) is 1.58. The van der Waals surface area contributed by atoms with Crippen molar-refractivity contribution in [2.45, 2.75) is 12.5 Å². The monoisotopic (exact) mass is 239 g/mol. The minimum atomic E-state index is -0.479. The second kappa shape index (κ2) is 6.10. The third kappa shape index (κ3) is 3.10. The molecule has 0 radical (unpaired) electrons. The highest BCUT2D eigenvalue weighted by atomic mass is 16.5. The Kier molecular flexibility index (Phi) is 4.78. The molecule has 0 unspecified atom stereocenters. The second-order valence-corrected chi connectivity index (χ2v) is 3.47. The molecule has 5 heteroatoms. The number of hydrogen-bond acceptors (Lipinski definition) is 5. The van der Waals surface area contributed by atoms with E-state index in [0.717, 1.165) is 5.56 Å². The van der Waals surface area contributed by atoms with E-state index in [-0.39, 0.29) is 12.4 Å². The standard InChI is InChI=1S/C12H17NO4/c1-15-10-6-4-5-8(12(10)17-3)9(13)7-11(14)16-2/h4-6,9H,7,13H2,1-3H3/t9-/m1/s1. The highest BCUT2D eigenvalue weighted by Gasteiger charge is 2.18. The Morgan fingerprint density at radius 2 is 2.00 bits per heavy atom. The van der Waals surface area contributed by atoms with Gasteiger partial charge >= 0.3 is 5.97 Å². The van der Waals surface area contributed by atoms with E-state index in [9.17, 15) is 4.79 Å². The van der Waals surface area contributed by atoms with Crippen LogP contribution in [0, 0.1) is 0 Å². The fraction of sp³-hybridized carbons (Fsp3) is 0.417. The largest absolute Gasteiger partial charge is 0.493 e. The van der Waals surface area contributed by atoms with Crippen LogP contribution in [0.25, 0.3) is 0 Å². The molecule has 0 aliphatic rings. The van der Waals surface area contributed by atoms with Crippen molar-refractivity contribution in [3.8, 4) is 11.5 Å². The summed E-state index contributed by atoms with van der Waals surface area (Å²) in [4.78, 5) is 11.2. The normalized spacial score (nSPS) is 11.8. The third-order valence-corrected chi connectivity index (χ3v) is 2.45. The number of rotatable bonds is 5. The van der Waals surface area contributed by atoms with Crippen molar-refractivity contribution in [1.29, 1.82) is 0 Å². The first-order valence-electron chi connectivity index (χ1n) is 5.17. The molecule has 2 N–H and O–H groups in total. The molecule has 0 saturated carbocycles. The minimum absolute atomic E-state index is 0.0972. The Bertz CT molecular complexity index is 392. The molecule has 1 atom stereocenters. The van der Waals surface area contributed by atoms with Gasteiger partial charge in [-0.1, -0.05) is 12.1 Å². The smallest absolute Gasteiger partial charge is 0.307 e. The lowest BCUT2D eigenvalue weighted by Gasteiger charge is -2.16. The van der Waals surface area contributed by atoms with Crippen LogP contribution in [0.5, 0.6) is 11.5 Å². The first-order valence-corrected chi connectivity index (χ1v) is 5.17. The first-order chi connectivity index (χ1) is 8.13. The van der Waals surface area contributed by atoms with Gasteiger partial charge in [0, 0.05) is 11.6 Å². The van der Waals surface area contributed by atoms with Gasteiger partial charge in [-0.25, -0.2) is 0 Å². The molecule has 0 aromatic heterocycles. The van der Waals surface area contributed by atoms with Gasteiger partial charge in [0.2, 0.25) is 0 Å². The molecule has 0 amide bonds. The van der Waals surface area contributed by atoms with Gasteiger partial charge in [-0.15, -0.1) is 0 Å². The number of carbonyl (C=O) groups excluding carboxylic acids is 1. The maximum absolute atomic E-state index is 11.2. The lowest BCUT2D eigenvalue weighted by Crippen LogP contribution is -2.17. The summed E-state index contributed by atoms with van der Waals surface area (Å²) in [6.07, 6.45) is 0.0972. The third-order valence-electron chi connectivity index (χ3n) is 2.45. The number of hydrogen-bond donors (Lipinski definition) is 1. The van der Waals surface area contributed by atoms with Crippen molar-refractivity contribution in [1.82, 2.24) is 0 Å². The highest BCUT2D eigenvalue weighted by molar-refractivity contribution is 5.70. The molecule has 0 saturated heterocycles. The van der Waals surface area contributed by atoms with Crippen molar-refractivity contribution in [3.05, 3.63) is 23.8 Å². The Morgan fingerprint density at radius 3 is 2.53 bits per heavy atom. The van der Waals surface area contributed by atoms with Crippen molar-refractivity contribution < 1.29 is 19.0 Å². The molecule has 0 aliphatic heterocycles. The molecule has 0 heterocycles. The van der Waals surface area contributed by atoms with Crippen LogP contribution >= 0.6 is 0 Å². The van der Waals surface area contributed by atoms with Gasteiger partial charge < -0.3 is 19.9 Å². The van der Waals surface area contributed by atoms with Crippen LogP contribution in [0.15, 0.2) is 18.2 Å². The highest BCUT2D eigenvalue weighted by Crippen LogP contribution is 2.34. The molecule has 0 fully saturated rings. The van der Waals surface area contributed by atoms with Crippen LogP contribution in [0.3, 0.4) is 0 Å². The average Bonchev–Trinajstić information content (AvgIpc) is 2.37. The SMILES string of the molecule is COC(=O)C[C@@H](N)c1cccc(OC)c1OC. The summed E-state index contributed by atoms with van der Waals surface area (Å²) in [6.45, 7) is 0. The van der Waals surface area contributed by atoms with E-state index in [1.807, 2.05) is 0 Å². The number of benzene rings is 1. The molecular formula is C12H17NO4. The van der Waals surface area contributed by atoms with Crippen LogP contribution in [-0.4, -0.2) is 27.3 Å². The maximum atomic E-state index is 11.2. The Hall–Kier alpha value is -1.75. The minimum Gasteiger partial charge on any atom is -0.493 e. The quantitative estimate of drug-likeness (QED) is 0.783. The predicted octanol–water partition coefficient (Wildman–Crippen LogP) is 1.27. The Morgan fingerprint density at radius 1 is 1.29 bits per heavy atom. The summed E-state index contributed by atoms with van der Waals surface area (Å²) in [7, 11) is 4.41. The maximum Gasteiger partial charge on any atom is 0.307 e. The van der Waals surface area contributed by atoms with Gasteiger partial charge in [-0.3, -0.25) is 4.79 Å². The lowest BCUT2D eigenvalue weighted by molar-refractivity contribution is -0.141. The van der Waals surface area contributed by atoms with Crippen LogP contribution in [-0.2, 0) is 9.53 Å². The number of carbonyl (C=O) groups is 1. The molecule has 0 bridgehead atoms. The van der Waals surface area contributed by atoms with E-state index in [4.69, 9.17) is 15.2 Å². The second-order valence-electron chi connectivity index (χ2n) is 3.47. The van der Waals surface area contributed by atoms with Crippen molar-refractivity contribution in [2.75, 3.05) is 21.3 Å². The van der Waals surface area contributed by atoms with E-state index in [2.05, 4.69) is 4.74 Å². The fourth-order valence-electron chi connectivity index (χ4n) is 1.58. The zero-order valence-corrected chi connectivity index (χ0v) is 10.2. The molecular weight excluding hydrogens is 222 g/mol. The van der Waals surface area contributed by atoms with E-state index in [1.54, 1.807) is 25.3 Å². The predicted molar refractivity (Wildman–Crippen MR) is 63.1 cm³/mol. The van der Waals surface area contributed by atoms with Gasteiger partial charge in [0.25, 0.3) is 0 Å². The van der Waals surface area contributed by atoms with E-state index >= 15 is 0 Å². The summed E-state index contributed by atoms with van der Waals surface area (Å²) < 4.78 is 15.0. The summed E-state index contributed by atoms with van der Waals surface area (Å²) in [5.41, 5.74) is 6.65. The van der Waals surface area contributed by atoms with Crippen molar-refractivity contribution in [2.24, 2.45) is 5.73 Å². The van der Waals surface area contributed by atoms with Crippen LogP contribution < -0.4 is 15.2 Å². The van der Waals surface area contributed by atoms with Gasteiger partial charge in [0.15, 0.2) is 11.5 Å². The van der Waals surface area contributed by atoms with Crippen molar-refractivity contribution in [3.63, 3.8) is 0 Å². The number of para-hydroxylation sites is 1. The van der Waals surface area contributed by atoms with Crippen LogP contribution in [0.4, 0.5) is 0 Å². The van der Waals surface area contributed by atoms with E-state index in [0.29, 0.717) is 11.5 Å². The van der Waals surface area contributed by atoms with E-state index < -0.39 is 6.04 Å². The molecule has 17 heavy (non-hydrogen) atoms.